The van der Waals surface area contributed by atoms with Crippen LogP contribution in [-0.4, -0.2) is 36.7 Å². The van der Waals surface area contributed by atoms with Gasteiger partial charge in [0.1, 0.15) is 11.1 Å². The Kier molecular flexibility index (Phi) is 3.49. The lowest BCUT2D eigenvalue weighted by atomic mass is 10.1. The first-order chi connectivity index (χ1) is 10.5. The van der Waals surface area contributed by atoms with Crippen molar-refractivity contribution in [2.45, 2.75) is 6.54 Å². The molecule has 1 aromatic carbocycles. The molecule has 0 fully saturated rings. The van der Waals surface area contributed by atoms with Gasteiger partial charge in [-0.2, -0.15) is 5.10 Å². The Morgan fingerprint density at radius 3 is 2.86 bits per heavy atom. The van der Waals surface area contributed by atoms with Crippen LogP contribution in [0, 0.1) is 0 Å². The van der Waals surface area contributed by atoms with Gasteiger partial charge in [-0.15, -0.1) is 0 Å². The molecule has 0 saturated heterocycles. The number of benzene rings is 1. The van der Waals surface area contributed by atoms with E-state index in [0.29, 0.717) is 23.3 Å². The highest BCUT2D eigenvalue weighted by molar-refractivity contribution is 7.92. The molecule has 3 rings (SSSR count). The lowest BCUT2D eigenvalue weighted by Crippen LogP contribution is -2.10. The molecule has 0 spiro atoms. The van der Waals surface area contributed by atoms with E-state index in [2.05, 4.69) is 15.0 Å². The number of rotatable bonds is 5. The predicted octanol–water partition coefficient (Wildman–Crippen LogP) is 1.45. The van der Waals surface area contributed by atoms with Crippen molar-refractivity contribution in [1.82, 2.24) is 14.9 Å². The van der Waals surface area contributed by atoms with Gasteiger partial charge in [0.2, 0.25) is 10.0 Å². The van der Waals surface area contributed by atoms with Gasteiger partial charge in [-0.3, -0.25) is 9.40 Å². The summed E-state index contributed by atoms with van der Waals surface area (Å²) in [5, 5.41) is 8.38. The molecule has 116 valence electrons. The number of ether oxygens (including phenoxy) is 1. The van der Waals surface area contributed by atoms with E-state index in [4.69, 9.17) is 9.26 Å². The maximum Gasteiger partial charge on any atom is 0.231 e. The van der Waals surface area contributed by atoms with Gasteiger partial charge in [-0.25, -0.2) is 8.42 Å². The molecule has 22 heavy (non-hydrogen) atoms. The van der Waals surface area contributed by atoms with Gasteiger partial charge in [0, 0.05) is 12.4 Å². The van der Waals surface area contributed by atoms with Crippen molar-refractivity contribution in [2.75, 3.05) is 18.1 Å². The number of aromatic nitrogens is 3. The van der Waals surface area contributed by atoms with Crippen LogP contribution in [0.5, 0.6) is 5.75 Å². The zero-order chi connectivity index (χ0) is 15.7. The Labute approximate surface area is 126 Å². The standard InChI is InChI=1S/C13H14N4O4S/c1-20-10-6-9(8-17-5-3-4-14-17)7-11-12(10)13(15-21-11)16-22(2,18)19/h3-7H,8H2,1-2H3,(H,15,16). The quantitative estimate of drug-likeness (QED) is 0.763. The van der Waals surface area contributed by atoms with Crippen LogP contribution < -0.4 is 9.46 Å². The zero-order valence-electron chi connectivity index (χ0n) is 12.0. The number of nitrogens with one attached hydrogen (secondary N) is 1. The van der Waals surface area contributed by atoms with Crippen LogP contribution >= 0.6 is 0 Å². The summed E-state index contributed by atoms with van der Waals surface area (Å²) in [4.78, 5) is 0. The summed E-state index contributed by atoms with van der Waals surface area (Å²) >= 11 is 0. The molecule has 0 aliphatic rings. The van der Waals surface area contributed by atoms with E-state index in [-0.39, 0.29) is 5.82 Å². The minimum Gasteiger partial charge on any atom is -0.496 e. The summed E-state index contributed by atoms with van der Waals surface area (Å²) in [5.41, 5.74) is 1.34. The molecule has 0 saturated carbocycles. The van der Waals surface area contributed by atoms with E-state index in [1.165, 1.54) is 7.11 Å². The van der Waals surface area contributed by atoms with Crippen molar-refractivity contribution in [3.63, 3.8) is 0 Å². The first-order valence-electron chi connectivity index (χ1n) is 6.38. The number of methoxy groups -OCH3 is 1. The van der Waals surface area contributed by atoms with Crippen molar-refractivity contribution >= 4 is 26.8 Å². The van der Waals surface area contributed by atoms with Gasteiger partial charge in [-0.05, 0) is 23.8 Å². The van der Waals surface area contributed by atoms with Gasteiger partial charge in [0.15, 0.2) is 11.4 Å². The van der Waals surface area contributed by atoms with E-state index >= 15 is 0 Å². The molecule has 0 radical (unpaired) electrons. The average Bonchev–Trinajstić information content (AvgIpc) is 3.07. The van der Waals surface area contributed by atoms with Crippen LogP contribution in [0.25, 0.3) is 11.0 Å². The molecule has 0 aliphatic carbocycles. The molecule has 3 aromatic rings. The summed E-state index contributed by atoms with van der Waals surface area (Å²) in [6.45, 7) is 0.537. The lowest BCUT2D eigenvalue weighted by molar-refractivity contribution is 0.418. The summed E-state index contributed by atoms with van der Waals surface area (Å²) in [6.07, 6.45) is 4.58. The number of hydrogen-bond donors (Lipinski definition) is 1. The first-order valence-corrected chi connectivity index (χ1v) is 8.27. The lowest BCUT2D eigenvalue weighted by Gasteiger charge is -2.07. The highest BCUT2D eigenvalue weighted by Gasteiger charge is 2.18. The average molecular weight is 322 g/mol. The van der Waals surface area contributed by atoms with Gasteiger partial charge >= 0.3 is 0 Å². The molecule has 9 heteroatoms. The van der Waals surface area contributed by atoms with E-state index in [1.54, 1.807) is 23.0 Å². The third-order valence-corrected chi connectivity index (χ3v) is 3.57. The van der Waals surface area contributed by atoms with Crippen molar-refractivity contribution in [1.29, 1.82) is 0 Å². The minimum atomic E-state index is -3.46. The Bertz CT molecular complexity index is 900. The summed E-state index contributed by atoms with van der Waals surface area (Å²) < 4.78 is 37.4. The molecule has 2 heterocycles. The first kappa shape index (κ1) is 14.4. The SMILES string of the molecule is COc1cc(Cn2cccn2)cc2onc(NS(C)(=O)=O)c12. The molecule has 0 bridgehead atoms. The summed E-state index contributed by atoms with van der Waals surface area (Å²) in [6, 6.07) is 5.41. The number of hydrogen-bond acceptors (Lipinski definition) is 6. The summed E-state index contributed by atoms with van der Waals surface area (Å²) in [7, 11) is -1.95. The number of fused-ring (bicyclic) bond motifs is 1. The number of sulfonamides is 1. The molecular formula is C13H14N4O4S. The van der Waals surface area contributed by atoms with Crippen LogP contribution in [0.3, 0.4) is 0 Å². The van der Waals surface area contributed by atoms with E-state index in [1.807, 2.05) is 12.3 Å². The molecule has 0 atom stereocenters. The van der Waals surface area contributed by atoms with E-state index in [9.17, 15) is 8.42 Å². The molecule has 0 aliphatic heterocycles. The van der Waals surface area contributed by atoms with Crippen molar-refractivity contribution in [3.8, 4) is 5.75 Å². The van der Waals surface area contributed by atoms with Gasteiger partial charge in [0.05, 0.1) is 19.9 Å². The van der Waals surface area contributed by atoms with E-state index in [0.717, 1.165) is 11.8 Å². The monoisotopic (exact) mass is 322 g/mol. The Hall–Kier alpha value is -2.55. The van der Waals surface area contributed by atoms with Gasteiger partial charge in [0.25, 0.3) is 0 Å². The second-order valence-electron chi connectivity index (χ2n) is 4.78. The molecule has 1 N–H and O–H groups in total. The minimum absolute atomic E-state index is 0.111. The van der Waals surface area contributed by atoms with Crippen molar-refractivity contribution in [3.05, 3.63) is 36.2 Å². The predicted molar refractivity (Wildman–Crippen MR) is 80.4 cm³/mol. The Morgan fingerprint density at radius 2 is 2.23 bits per heavy atom. The molecular weight excluding hydrogens is 308 g/mol. The van der Waals surface area contributed by atoms with Crippen LogP contribution in [0.4, 0.5) is 5.82 Å². The Balaban J connectivity index is 2.06. The second-order valence-corrected chi connectivity index (χ2v) is 6.53. The third kappa shape index (κ3) is 2.89. The fourth-order valence-electron chi connectivity index (χ4n) is 2.17. The van der Waals surface area contributed by atoms with Crippen LogP contribution in [0.1, 0.15) is 5.56 Å². The maximum atomic E-state index is 11.4. The smallest absolute Gasteiger partial charge is 0.231 e. The highest BCUT2D eigenvalue weighted by atomic mass is 32.2. The van der Waals surface area contributed by atoms with Gasteiger partial charge < -0.3 is 9.26 Å². The second kappa shape index (κ2) is 5.34. The van der Waals surface area contributed by atoms with Crippen molar-refractivity contribution < 1.29 is 17.7 Å². The number of nitrogens with zero attached hydrogens (tertiary/aromatic N) is 3. The van der Waals surface area contributed by atoms with Crippen LogP contribution in [0.2, 0.25) is 0 Å². The van der Waals surface area contributed by atoms with E-state index < -0.39 is 10.0 Å². The molecule has 2 aromatic heterocycles. The zero-order valence-corrected chi connectivity index (χ0v) is 12.8. The largest absolute Gasteiger partial charge is 0.496 e. The molecule has 8 nitrogen and oxygen atoms in total. The fraction of sp³-hybridized carbons (Fsp3) is 0.231. The van der Waals surface area contributed by atoms with Crippen LogP contribution in [0.15, 0.2) is 35.1 Å². The maximum absolute atomic E-state index is 11.4. The highest BCUT2D eigenvalue weighted by Crippen LogP contribution is 2.34. The topological polar surface area (TPSA) is 99.2 Å². The van der Waals surface area contributed by atoms with Gasteiger partial charge in [-0.1, -0.05) is 5.16 Å². The molecule has 0 unspecified atom stereocenters. The normalized spacial score (nSPS) is 11.7. The van der Waals surface area contributed by atoms with Crippen molar-refractivity contribution in [2.24, 2.45) is 0 Å². The molecule has 0 amide bonds. The summed E-state index contributed by atoms with van der Waals surface area (Å²) in [5.74, 6) is 0.590. The van der Waals surface area contributed by atoms with Crippen LogP contribution in [-0.2, 0) is 16.6 Å². The Morgan fingerprint density at radius 1 is 1.41 bits per heavy atom. The third-order valence-electron chi connectivity index (χ3n) is 3.00. The fourth-order valence-corrected chi connectivity index (χ4v) is 2.66. The number of anilines is 1.